The fraction of sp³-hybridized carbons (Fsp3) is 0.786. The quantitative estimate of drug-likeness (QED) is 0.905. The van der Waals surface area contributed by atoms with Crippen LogP contribution in [0.2, 0.25) is 0 Å². The molecule has 1 aromatic heterocycles. The molecular weight excluding hydrogens is 274 g/mol. The molecule has 2 rings (SSSR count). The van der Waals surface area contributed by atoms with Crippen molar-refractivity contribution in [3.8, 4) is 0 Å². The number of aryl methyl sites for hydroxylation is 1. The Balaban J connectivity index is 1.69. The second-order valence-electron chi connectivity index (χ2n) is 5.66. The smallest absolute Gasteiger partial charge is 0.239 e. The van der Waals surface area contributed by atoms with E-state index in [1.54, 1.807) is 6.92 Å². The lowest BCUT2D eigenvalue weighted by Crippen LogP contribution is -2.38. The minimum absolute atomic E-state index is 0.0494. The number of hydrogen-bond acceptors (Lipinski definition) is 5. The summed E-state index contributed by atoms with van der Waals surface area (Å²) in [6.45, 7) is 6.05. The molecule has 1 aromatic rings. The van der Waals surface area contributed by atoms with E-state index >= 15 is 0 Å². The highest BCUT2D eigenvalue weighted by Crippen LogP contribution is 2.27. The van der Waals surface area contributed by atoms with Crippen LogP contribution in [-0.2, 0) is 4.79 Å². The minimum Gasteiger partial charge on any atom is -0.353 e. The van der Waals surface area contributed by atoms with Gasteiger partial charge in [-0.05, 0) is 45.4 Å². The van der Waals surface area contributed by atoms with Gasteiger partial charge in [0.1, 0.15) is 0 Å². The van der Waals surface area contributed by atoms with Gasteiger partial charge in [0.05, 0.1) is 11.0 Å². The SMILES string of the molecule is Cc1noc(C(C)SCC(=O)NC2CCC(C)CC2)n1. The van der Waals surface area contributed by atoms with Crippen LogP contribution in [0.3, 0.4) is 0 Å². The third-order valence-corrected chi connectivity index (χ3v) is 4.87. The molecule has 1 amide bonds. The van der Waals surface area contributed by atoms with Crippen molar-refractivity contribution in [3.05, 3.63) is 11.7 Å². The predicted octanol–water partition coefficient (Wildman–Crippen LogP) is 2.87. The second kappa shape index (κ2) is 7.11. The van der Waals surface area contributed by atoms with E-state index < -0.39 is 0 Å². The van der Waals surface area contributed by atoms with Gasteiger partial charge >= 0.3 is 0 Å². The second-order valence-corrected chi connectivity index (χ2v) is 6.99. The molecule has 1 fully saturated rings. The lowest BCUT2D eigenvalue weighted by Gasteiger charge is -2.26. The first-order valence-electron chi connectivity index (χ1n) is 7.25. The molecule has 112 valence electrons. The third-order valence-electron chi connectivity index (χ3n) is 3.74. The third kappa shape index (κ3) is 4.51. The molecule has 1 heterocycles. The fourth-order valence-electron chi connectivity index (χ4n) is 2.42. The Hall–Kier alpha value is -1.04. The van der Waals surface area contributed by atoms with Crippen LogP contribution in [-0.4, -0.2) is 27.8 Å². The first kappa shape index (κ1) is 15.4. The first-order chi connectivity index (χ1) is 9.54. The Morgan fingerprint density at radius 1 is 1.45 bits per heavy atom. The fourth-order valence-corrected chi connectivity index (χ4v) is 3.15. The Kier molecular flexibility index (Phi) is 5.46. The predicted molar refractivity (Wildman–Crippen MR) is 79.5 cm³/mol. The van der Waals surface area contributed by atoms with E-state index in [0.29, 0.717) is 23.5 Å². The molecule has 0 radical (unpaired) electrons. The number of rotatable bonds is 5. The summed E-state index contributed by atoms with van der Waals surface area (Å²) in [5.74, 6) is 2.57. The zero-order chi connectivity index (χ0) is 14.5. The summed E-state index contributed by atoms with van der Waals surface area (Å²) in [6.07, 6.45) is 4.65. The molecule has 0 spiro atoms. The Morgan fingerprint density at radius 3 is 2.75 bits per heavy atom. The van der Waals surface area contributed by atoms with Gasteiger partial charge in [-0.25, -0.2) is 0 Å². The summed E-state index contributed by atoms with van der Waals surface area (Å²) >= 11 is 1.53. The van der Waals surface area contributed by atoms with Crippen molar-refractivity contribution in [3.63, 3.8) is 0 Å². The summed E-state index contributed by atoms with van der Waals surface area (Å²) < 4.78 is 5.11. The number of aromatic nitrogens is 2. The molecule has 0 saturated heterocycles. The molecule has 1 aliphatic carbocycles. The van der Waals surface area contributed by atoms with E-state index in [1.807, 2.05) is 6.92 Å². The van der Waals surface area contributed by atoms with Crippen molar-refractivity contribution in [1.29, 1.82) is 0 Å². The van der Waals surface area contributed by atoms with Crippen molar-refractivity contribution in [2.24, 2.45) is 5.92 Å². The van der Waals surface area contributed by atoms with Gasteiger partial charge in [-0.3, -0.25) is 4.79 Å². The van der Waals surface area contributed by atoms with Crippen LogP contribution in [0.15, 0.2) is 4.52 Å². The van der Waals surface area contributed by atoms with Crippen molar-refractivity contribution in [1.82, 2.24) is 15.5 Å². The summed E-state index contributed by atoms with van der Waals surface area (Å²) in [7, 11) is 0. The first-order valence-corrected chi connectivity index (χ1v) is 8.30. The van der Waals surface area contributed by atoms with Gasteiger partial charge in [0.25, 0.3) is 0 Å². The van der Waals surface area contributed by atoms with Crippen LogP contribution >= 0.6 is 11.8 Å². The van der Waals surface area contributed by atoms with Gasteiger partial charge in [0.15, 0.2) is 5.82 Å². The van der Waals surface area contributed by atoms with Gasteiger partial charge < -0.3 is 9.84 Å². The van der Waals surface area contributed by atoms with Crippen LogP contribution in [0.25, 0.3) is 0 Å². The van der Waals surface area contributed by atoms with Gasteiger partial charge in [0.2, 0.25) is 11.8 Å². The van der Waals surface area contributed by atoms with Crippen molar-refractivity contribution < 1.29 is 9.32 Å². The molecule has 20 heavy (non-hydrogen) atoms. The summed E-state index contributed by atoms with van der Waals surface area (Å²) in [5.41, 5.74) is 0. The molecule has 1 unspecified atom stereocenters. The number of nitrogens with one attached hydrogen (secondary N) is 1. The normalized spacial score (nSPS) is 24.4. The van der Waals surface area contributed by atoms with Crippen LogP contribution in [0.5, 0.6) is 0 Å². The molecule has 0 aromatic carbocycles. The summed E-state index contributed by atoms with van der Waals surface area (Å²) in [4.78, 5) is 16.1. The maximum atomic E-state index is 11.9. The maximum absolute atomic E-state index is 11.9. The van der Waals surface area contributed by atoms with E-state index in [0.717, 1.165) is 18.8 Å². The van der Waals surface area contributed by atoms with Crippen LogP contribution < -0.4 is 5.32 Å². The highest BCUT2D eigenvalue weighted by Gasteiger charge is 2.20. The van der Waals surface area contributed by atoms with E-state index in [-0.39, 0.29) is 11.2 Å². The maximum Gasteiger partial charge on any atom is 0.239 e. The van der Waals surface area contributed by atoms with Crippen molar-refractivity contribution in [2.75, 3.05) is 5.75 Å². The topological polar surface area (TPSA) is 68.0 Å². The van der Waals surface area contributed by atoms with Crippen LogP contribution in [0, 0.1) is 12.8 Å². The van der Waals surface area contributed by atoms with Gasteiger partial charge in [-0.1, -0.05) is 12.1 Å². The van der Waals surface area contributed by atoms with Crippen LogP contribution in [0.4, 0.5) is 0 Å². The lowest BCUT2D eigenvalue weighted by atomic mass is 9.87. The Labute approximate surface area is 124 Å². The van der Waals surface area contributed by atoms with E-state index in [9.17, 15) is 4.79 Å². The van der Waals surface area contributed by atoms with Gasteiger partial charge in [0, 0.05) is 6.04 Å². The van der Waals surface area contributed by atoms with Gasteiger partial charge in [-0.2, -0.15) is 4.98 Å². The highest BCUT2D eigenvalue weighted by molar-refractivity contribution is 8.00. The molecule has 0 aliphatic heterocycles. The number of carbonyl (C=O) groups excluding carboxylic acids is 1. The molecular formula is C14H23N3O2S. The highest BCUT2D eigenvalue weighted by atomic mass is 32.2. The lowest BCUT2D eigenvalue weighted by molar-refractivity contribution is -0.119. The average molecular weight is 297 g/mol. The molecule has 1 N–H and O–H groups in total. The molecule has 1 saturated carbocycles. The average Bonchev–Trinajstić information content (AvgIpc) is 2.85. The molecule has 5 nitrogen and oxygen atoms in total. The number of amides is 1. The number of hydrogen-bond donors (Lipinski definition) is 1. The minimum atomic E-state index is 0.0494. The summed E-state index contributed by atoms with van der Waals surface area (Å²) in [6, 6.07) is 0.361. The van der Waals surface area contributed by atoms with Gasteiger partial charge in [-0.15, -0.1) is 11.8 Å². The van der Waals surface area contributed by atoms with Crippen LogP contribution in [0.1, 0.15) is 56.5 Å². The largest absolute Gasteiger partial charge is 0.353 e. The van der Waals surface area contributed by atoms with E-state index in [2.05, 4.69) is 22.4 Å². The number of thioether (sulfide) groups is 1. The molecule has 6 heteroatoms. The van der Waals surface area contributed by atoms with Crippen molar-refractivity contribution >= 4 is 17.7 Å². The molecule has 1 atom stereocenters. The monoisotopic (exact) mass is 297 g/mol. The van der Waals surface area contributed by atoms with Crippen molar-refractivity contribution in [2.45, 2.75) is 57.7 Å². The zero-order valence-corrected chi connectivity index (χ0v) is 13.2. The Bertz CT molecular complexity index is 441. The molecule has 1 aliphatic rings. The molecule has 0 bridgehead atoms. The standard InChI is InChI=1S/C14H23N3O2S/c1-9-4-6-12(7-5-9)16-13(18)8-20-10(2)14-15-11(3)17-19-14/h9-10,12H,4-8H2,1-3H3,(H,16,18). The van der Waals surface area contributed by atoms with E-state index in [4.69, 9.17) is 4.52 Å². The summed E-state index contributed by atoms with van der Waals surface area (Å²) in [5, 5.41) is 6.94. The Morgan fingerprint density at radius 2 is 2.15 bits per heavy atom. The van der Waals surface area contributed by atoms with E-state index in [1.165, 1.54) is 24.6 Å². The number of nitrogens with zero attached hydrogens (tertiary/aromatic N) is 2. The number of carbonyl (C=O) groups is 1. The zero-order valence-electron chi connectivity index (χ0n) is 12.4.